The minimum absolute atomic E-state index is 0.445. The Balaban J connectivity index is 1.33. The van der Waals surface area contributed by atoms with E-state index in [-0.39, 0.29) is 0 Å². The minimum atomic E-state index is 0.445. The van der Waals surface area contributed by atoms with E-state index in [2.05, 4.69) is 59.5 Å². The SMILES string of the molecule is c1ccc2c(c1)Oc1ccccc1C2C1CC2CCC(C1)N2Cc1ccoc1. The van der Waals surface area contributed by atoms with Crippen LogP contribution in [0.3, 0.4) is 0 Å². The molecule has 0 radical (unpaired) electrons. The zero-order chi connectivity index (χ0) is 18.5. The molecule has 2 bridgehead atoms. The zero-order valence-corrected chi connectivity index (χ0v) is 16.0. The molecule has 6 rings (SSSR count). The van der Waals surface area contributed by atoms with Crippen LogP contribution in [0.4, 0.5) is 0 Å². The summed E-state index contributed by atoms with van der Waals surface area (Å²) in [6.45, 7) is 1.03. The lowest BCUT2D eigenvalue weighted by Gasteiger charge is -2.43. The van der Waals surface area contributed by atoms with E-state index in [0.717, 1.165) is 18.0 Å². The number of hydrogen-bond acceptors (Lipinski definition) is 3. The molecule has 142 valence electrons. The van der Waals surface area contributed by atoms with E-state index in [4.69, 9.17) is 9.15 Å². The predicted octanol–water partition coefficient (Wildman–Crippen LogP) is 5.96. The number of piperidine rings is 1. The molecule has 2 saturated heterocycles. The van der Waals surface area contributed by atoms with Gasteiger partial charge >= 0.3 is 0 Å². The number of para-hydroxylation sites is 2. The number of hydrogen-bond donors (Lipinski definition) is 0. The summed E-state index contributed by atoms with van der Waals surface area (Å²) in [5.74, 6) is 3.20. The van der Waals surface area contributed by atoms with Gasteiger partial charge in [0.15, 0.2) is 0 Å². The van der Waals surface area contributed by atoms with Gasteiger partial charge in [-0.3, -0.25) is 4.90 Å². The average Bonchev–Trinajstić information content (AvgIpc) is 3.32. The highest BCUT2D eigenvalue weighted by Crippen LogP contribution is 2.53. The van der Waals surface area contributed by atoms with E-state index in [1.165, 1.54) is 42.4 Å². The number of rotatable bonds is 3. The first-order chi connectivity index (χ1) is 13.9. The number of fused-ring (bicyclic) bond motifs is 4. The van der Waals surface area contributed by atoms with Crippen LogP contribution in [0.15, 0.2) is 71.5 Å². The number of ether oxygens (including phenoxy) is 1. The normalized spacial score (nSPS) is 26.5. The van der Waals surface area contributed by atoms with Crippen molar-refractivity contribution in [3.63, 3.8) is 0 Å². The van der Waals surface area contributed by atoms with Crippen LogP contribution in [0, 0.1) is 5.92 Å². The van der Waals surface area contributed by atoms with Crippen molar-refractivity contribution in [3.05, 3.63) is 83.8 Å². The summed E-state index contributed by atoms with van der Waals surface area (Å²) in [5, 5.41) is 0. The minimum Gasteiger partial charge on any atom is -0.472 e. The summed E-state index contributed by atoms with van der Waals surface area (Å²) in [7, 11) is 0. The molecule has 2 fully saturated rings. The van der Waals surface area contributed by atoms with Gasteiger partial charge in [-0.25, -0.2) is 0 Å². The molecule has 1 aromatic heterocycles. The number of furan rings is 1. The molecule has 4 heterocycles. The number of nitrogens with zero attached hydrogens (tertiary/aromatic N) is 1. The molecule has 3 nitrogen and oxygen atoms in total. The number of benzene rings is 2. The standard InChI is InChI=1S/C25H25NO2/c1-3-7-23-21(5-1)25(22-6-2-4-8-24(22)28-23)18-13-19-9-10-20(14-18)26(19)15-17-11-12-27-16-17/h1-8,11-12,16,18-20,25H,9-10,13-15H2. The van der Waals surface area contributed by atoms with Crippen LogP contribution < -0.4 is 4.74 Å². The maximum absolute atomic E-state index is 6.24. The summed E-state index contributed by atoms with van der Waals surface area (Å²) in [4.78, 5) is 2.73. The van der Waals surface area contributed by atoms with Crippen molar-refractivity contribution < 1.29 is 9.15 Å². The van der Waals surface area contributed by atoms with Crippen LogP contribution in [-0.2, 0) is 6.54 Å². The Kier molecular flexibility index (Phi) is 3.83. The van der Waals surface area contributed by atoms with E-state index in [0.29, 0.717) is 23.9 Å². The molecular formula is C25H25NO2. The maximum Gasteiger partial charge on any atom is 0.131 e. The fourth-order valence-electron chi connectivity index (χ4n) is 5.89. The van der Waals surface area contributed by atoms with E-state index in [1.54, 1.807) is 6.26 Å². The topological polar surface area (TPSA) is 25.6 Å². The Hall–Kier alpha value is -2.52. The lowest BCUT2D eigenvalue weighted by atomic mass is 9.72. The van der Waals surface area contributed by atoms with Crippen molar-refractivity contribution in [3.8, 4) is 11.5 Å². The second-order valence-corrected chi connectivity index (χ2v) is 8.58. The second kappa shape index (κ2) is 6.52. The van der Waals surface area contributed by atoms with Gasteiger partial charge in [0.1, 0.15) is 11.5 Å². The summed E-state index contributed by atoms with van der Waals surface area (Å²) in [6, 6.07) is 20.8. The molecule has 3 aliphatic heterocycles. The second-order valence-electron chi connectivity index (χ2n) is 8.58. The molecule has 3 heteroatoms. The van der Waals surface area contributed by atoms with Gasteiger partial charge in [0.2, 0.25) is 0 Å². The van der Waals surface area contributed by atoms with Crippen LogP contribution in [0.1, 0.15) is 48.3 Å². The van der Waals surface area contributed by atoms with Gasteiger partial charge in [-0.1, -0.05) is 36.4 Å². The summed E-state index contributed by atoms with van der Waals surface area (Å²) in [6.07, 6.45) is 8.87. The van der Waals surface area contributed by atoms with Gasteiger partial charge in [-0.15, -0.1) is 0 Å². The Morgan fingerprint density at radius 3 is 2.07 bits per heavy atom. The summed E-state index contributed by atoms with van der Waals surface area (Å²) in [5.41, 5.74) is 4.04. The molecule has 0 spiro atoms. The molecule has 0 N–H and O–H groups in total. The fraction of sp³-hybridized carbons (Fsp3) is 0.360. The predicted molar refractivity (Wildman–Crippen MR) is 109 cm³/mol. The first kappa shape index (κ1) is 16.4. The molecular weight excluding hydrogens is 346 g/mol. The fourth-order valence-corrected chi connectivity index (χ4v) is 5.89. The van der Waals surface area contributed by atoms with Crippen molar-refractivity contribution in [2.75, 3.05) is 0 Å². The van der Waals surface area contributed by atoms with Crippen molar-refractivity contribution >= 4 is 0 Å². The van der Waals surface area contributed by atoms with Gasteiger partial charge in [0.05, 0.1) is 12.5 Å². The molecule has 3 aliphatic rings. The van der Waals surface area contributed by atoms with Gasteiger partial charge in [-0.05, 0) is 49.8 Å². The largest absolute Gasteiger partial charge is 0.472 e. The van der Waals surface area contributed by atoms with Crippen LogP contribution >= 0.6 is 0 Å². The Bertz CT molecular complexity index is 920. The summed E-state index contributed by atoms with van der Waals surface area (Å²) < 4.78 is 11.5. The first-order valence-electron chi connectivity index (χ1n) is 10.5. The Morgan fingerprint density at radius 2 is 1.46 bits per heavy atom. The first-order valence-corrected chi connectivity index (χ1v) is 10.5. The van der Waals surface area contributed by atoms with Gasteiger partial charge in [0, 0.05) is 41.2 Å². The molecule has 0 aliphatic carbocycles. The molecule has 2 atom stereocenters. The molecule has 2 aromatic carbocycles. The van der Waals surface area contributed by atoms with Crippen LogP contribution in [-0.4, -0.2) is 17.0 Å². The van der Waals surface area contributed by atoms with Crippen LogP contribution in [0.25, 0.3) is 0 Å². The zero-order valence-electron chi connectivity index (χ0n) is 16.0. The van der Waals surface area contributed by atoms with Crippen LogP contribution in [0.5, 0.6) is 11.5 Å². The molecule has 0 saturated carbocycles. The highest BCUT2D eigenvalue weighted by molar-refractivity contribution is 5.53. The van der Waals surface area contributed by atoms with E-state index in [9.17, 15) is 0 Å². The van der Waals surface area contributed by atoms with Crippen molar-refractivity contribution in [2.45, 2.75) is 50.2 Å². The Morgan fingerprint density at radius 1 is 0.821 bits per heavy atom. The third-order valence-corrected chi connectivity index (χ3v) is 7.07. The smallest absolute Gasteiger partial charge is 0.131 e. The lowest BCUT2D eigenvalue weighted by molar-refractivity contribution is 0.0887. The lowest BCUT2D eigenvalue weighted by Crippen LogP contribution is -2.43. The quantitative estimate of drug-likeness (QED) is 0.568. The van der Waals surface area contributed by atoms with Gasteiger partial charge in [-0.2, -0.15) is 0 Å². The monoisotopic (exact) mass is 371 g/mol. The Labute approximate surface area is 165 Å². The molecule has 0 amide bonds. The van der Waals surface area contributed by atoms with Crippen molar-refractivity contribution in [1.29, 1.82) is 0 Å². The van der Waals surface area contributed by atoms with Gasteiger partial charge in [0.25, 0.3) is 0 Å². The molecule has 28 heavy (non-hydrogen) atoms. The third kappa shape index (κ3) is 2.61. The highest BCUT2D eigenvalue weighted by atomic mass is 16.5. The van der Waals surface area contributed by atoms with Crippen molar-refractivity contribution in [1.82, 2.24) is 4.90 Å². The maximum atomic E-state index is 6.24. The van der Waals surface area contributed by atoms with E-state index in [1.807, 2.05) is 6.26 Å². The van der Waals surface area contributed by atoms with Gasteiger partial charge < -0.3 is 9.15 Å². The summed E-state index contributed by atoms with van der Waals surface area (Å²) >= 11 is 0. The highest BCUT2D eigenvalue weighted by Gasteiger charge is 2.45. The van der Waals surface area contributed by atoms with E-state index >= 15 is 0 Å². The van der Waals surface area contributed by atoms with E-state index < -0.39 is 0 Å². The van der Waals surface area contributed by atoms with Crippen LogP contribution in [0.2, 0.25) is 0 Å². The van der Waals surface area contributed by atoms with Crippen molar-refractivity contribution in [2.24, 2.45) is 5.92 Å². The molecule has 2 unspecified atom stereocenters. The molecule has 3 aromatic rings. The third-order valence-electron chi connectivity index (χ3n) is 7.07. The average molecular weight is 371 g/mol.